The topological polar surface area (TPSA) is 74.6 Å². The number of carboxylic acids is 2. The van der Waals surface area contributed by atoms with E-state index in [1.807, 2.05) is 0 Å². The van der Waals surface area contributed by atoms with Crippen LogP contribution in [-0.4, -0.2) is 22.2 Å². The number of rotatable bonds is 6. The highest BCUT2D eigenvalue weighted by molar-refractivity contribution is 5.86. The molecule has 94 valence electrons. The van der Waals surface area contributed by atoms with Gasteiger partial charge in [-0.05, 0) is 11.1 Å². The molecule has 0 aromatic heterocycles. The van der Waals surface area contributed by atoms with E-state index in [9.17, 15) is 9.59 Å². The molecule has 0 amide bonds. The Morgan fingerprint density at radius 3 is 1.33 bits per heavy atom. The first-order valence-electron chi connectivity index (χ1n) is 5.30. The van der Waals surface area contributed by atoms with E-state index in [0.29, 0.717) is 0 Å². The van der Waals surface area contributed by atoms with Crippen molar-refractivity contribution >= 4 is 11.9 Å². The molecule has 0 heterocycles. The zero-order chi connectivity index (χ0) is 13.7. The second-order valence-corrected chi connectivity index (χ2v) is 3.99. The van der Waals surface area contributed by atoms with E-state index in [-0.39, 0.29) is 24.0 Å². The van der Waals surface area contributed by atoms with Crippen LogP contribution in [0.1, 0.15) is 11.1 Å². The van der Waals surface area contributed by atoms with E-state index in [1.54, 1.807) is 24.3 Å². The van der Waals surface area contributed by atoms with Crippen LogP contribution in [0.5, 0.6) is 0 Å². The Morgan fingerprint density at radius 2 is 1.11 bits per heavy atom. The van der Waals surface area contributed by atoms with Crippen molar-refractivity contribution < 1.29 is 19.8 Å². The van der Waals surface area contributed by atoms with Crippen molar-refractivity contribution in [1.29, 1.82) is 0 Å². The molecule has 0 atom stereocenters. The van der Waals surface area contributed by atoms with Crippen molar-refractivity contribution in [2.45, 2.75) is 12.8 Å². The Morgan fingerprint density at radius 1 is 0.833 bits per heavy atom. The molecule has 2 N–H and O–H groups in total. The molecular formula is C14H14O4. The van der Waals surface area contributed by atoms with Crippen molar-refractivity contribution in [2.75, 3.05) is 0 Å². The van der Waals surface area contributed by atoms with Crippen molar-refractivity contribution in [3.63, 3.8) is 0 Å². The molecule has 0 spiro atoms. The molecular weight excluding hydrogens is 232 g/mol. The molecule has 4 heteroatoms. The van der Waals surface area contributed by atoms with Crippen LogP contribution >= 0.6 is 0 Å². The molecule has 0 radical (unpaired) electrons. The van der Waals surface area contributed by atoms with E-state index in [0.717, 1.165) is 11.1 Å². The molecule has 0 aliphatic heterocycles. The maximum absolute atomic E-state index is 10.6. The first-order valence-corrected chi connectivity index (χ1v) is 5.30. The van der Waals surface area contributed by atoms with Crippen molar-refractivity contribution in [3.05, 3.63) is 59.7 Å². The Bertz CT molecular complexity index is 450. The largest absolute Gasteiger partial charge is 0.478 e. The van der Waals surface area contributed by atoms with Crippen LogP contribution in [0.3, 0.4) is 0 Å². The predicted octanol–water partition coefficient (Wildman–Crippen LogP) is 2.05. The highest BCUT2D eigenvalue weighted by atomic mass is 16.4. The summed E-state index contributed by atoms with van der Waals surface area (Å²) in [4.78, 5) is 21.2. The molecule has 0 bridgehead atoms. The lowest BCUT2D eigenvalue weighted by molar-refractivity contribution is -0.133. The standard InChI is InChI=1S/C14H14O4/c1-9(13(15)16)7-11-3-5-12(6-4-11)8-10(2)14(17)18/h3-6H,1-2,7-8H2,(H,15,16)(H,17,18). The van der Waals surface area contributed by atoms with E-state index in [2.05, 4.69) is 13.2 Å². The van der Waals surface area contributed by atoms with Crippen molar-refractivity contribution in [2.24, 2.45) is 0 Å². The van der Waals surface area contributed by atoms with Gasteiger partial charge in [-0.1, -0.05) is 37.4 Å². The van der Waals surface area contributed by atoms with E-state index in [1.165, 1.54) is 0 Å². The van der Waals surface area contributed by atoms with Gasteiger partial charge in [-0.3, -0.25) is 0 Å². The molecule has 18 heavy (non-hydrogen) atoms. The minimum absolute atomic E-state index is 0.123. The lowest BCUT2D eigenvalue weighted by atomic mass is 10.0. The van der Waals surface area contributed by atoms with Gasteiger partial charge < -0.3 is 10.2 Å². The molecule has 0 saturated heterocycles. The summed E-state index contributed by atoms with van der Waals surface area (Å²) in [5.41, 5.74) is 1.90. The van der Waals surface area contributed by atoms with E-state index < -0.39 is 11.9 Å². The lowest BCUT2D eigenvalue weighted by Gasteiger charge is -2.04. The van der Waals surface area contributed by atoms with Gasteiger partial charge in [0.15, 0.2) is 0 Å². The van der Waals surface area contributed by atoms with Gasteiger partial charge in [0.25, 0.3) is 0 Å². The minimum atomic E-state index is -1.02. The Labute approximate surface area is 105 Å². The minimum Gasteiger partial charge on any atom is -0.478 e. The third kappa shape index (κ3) is 3.90. The average molecular weight is 246 g/mol. The first kappa shape index (κ1) is 13.7. The zero-order valence-corrected chi connectivity index (χ0v) is 9.85. The smallest absolute Gasteiger partial charge is 0.331 e. The summed E-state index contributed by atoms with van der Waals surface area (Å²) in [6.45, 7) is 6.90. The molecule has 4 nitrogen and oxygen atoms in total. The molecule has 0 fully saturated rings. The number of hydrogen-bond donors (Lipinski definition) is 2. The molecule has 0 aliphatic rings. The Hall–Kier alpha value is -2.36. The van der Waals surface area contributed by atoms with Gasteiger partial charge in [0.05, 0.1) is 0 Å². The molecule has 1 aromatic rings. The summed E-state index contributed by atoms with van der Waals surface area (Å²) >= 11 is 0. The van der Waals surface area contributed by atoms with Gasteiger partial charge >= 0.3 is 11.9 Å². The number of carbonyl (C=O) groups is 2. The maximum atomic E-state index is 10.6. The van der Waals surface area contributed by atoms with Crippen LogP contribution in [0.4, 0.5) is 0 Å². The third-order valence-corrected chi connectivity index (χ3v) is 2.46. The second kappa shape index (κ2) is 5.82. The van der Waals surface area contributed by atoms with Gasteiger partial charge in [-0.15, -0.1) is 0 Å². The van der Waals surface area contributed by atoms with Crippen LogP contribution in [0.15, 0.2) is 48.6 Å². The number of benzene rings is 1. The average Bonchev–Trinajstić information content (AvgIpc) is 2.31. The SMILES string of the molecule is C=C(Cc1ccc(CC(=C)C(=O)O)cc1)C(=O)O. The summed E-state index contributed by atoms with van der Waals surface area (Å²) in [5.74, 6) is -2.03. The maximum Gasteiger partial charge on any atom is 0.331 e. The fourth-order valence-corrected chi connectivity index (χ4v) is 1.42. The highest BCUT2D eigenvalue weighted by Crippen LogP contribution is 2.12. The van der Waals surface area contributed by atoms with Gasteiger partial charge in [-0.2, -0.15) is 0 Å². The fourth-order valence-electron chi connectivity index (χ4n) is 1.42. The van der Waals surface area contributed by atoms with Gasteiger partial charge in [0.2, 0.25) is 0 Å². The van der Waals surface area contributed by atoms with Gasteiger partial charge in [0.1, 0.15) is 0 Å². The summed E-state index contributed by atoms with van der Waals surface area (Å²) < 4.78 is 0. The summed E-state index contributed by atoms with van der Waals surface area (Å²) in [5, 5.41) is 17.4. The van der Waals surface area contributed by atoms with Gasteiger partial charge in [0, 0.05) is 24.0 Å². The van der Waals surface area contributed by atoms with E-state index in [4.69, 9.17) is 10.2 Å². The Kier molecular flexibility index (Phi) is 4.43. The van der Waals surface area contributed by atoms with Crippen LogP contribution in [0, 0.1) is 0 Å². The number of aliphatic carboxylic acids is 2. The molecule has 0 unspecified atom stereocenters. The van der Waals surface area contributed by atoms with Crippen LogP contribution in [-0.2, 0) is 22.4 Å². The van der Waals surface area contributed by atoms with Crippen LogP contribution in [0.25, 0.3) is 0 Å². The number of carboxylic acid groups (broad SMARTS) is 2. The summed E-state index contributed by atoms with van der Waals surface area (Å²) in [7, 11) is 0. The predicted molar refractivity (Wildman–Crippen MR) is 67.4 cm³/mol. The van der Waals surface area contributed by atoms with E-state index >= 15 is 0 Å². The summed E-state index contributed by atoms with van der Waals surface area (Å²) in [6, 6.07) is 7.05. The molecule has 1 rings (SSSR count). The highest BCUT2D eigenvalue weighted by Gasteiger charge is 2.07. The zero-order valence-electron chi connectivity index (χ0n) is 9.85. The monoisotopic (exact) mass is 246 g/mol. The Balaban J connectivity index is 2.68. The lowest BCUT2D eigenvalue weighted by Crippen LogP contribution is -2.03. The second-order valence-electron chi connectivity index (χ2n) is 3.99. The normalized spacial score (nSPS) is 9.78. The number of hydrogen-bond acceptors (Lipinski definition) is 2. The molecule has 0 aliphatic carbocycles. The van der Waals surface area contributed by atoms with Crippen molar-refractivity contribution in [1.82, 2.24) is 0 Å². The van der Waals surface area contributed by atoms with Crippen LogP contribution in [0.2, 0.25) is 0 Å². The first-order chi connectivity index (χ1) is 8.40. The molecule has 0 saturated carbocycles. The molecule has 1 aromatic carbocycles. The quantitative estimate of drug-likeness (QED) is 0.753. The summed E-state index contributed by atoms with van der Waals surface area (Å²) in [6.07, 6.45) is 0.547. The third-order valence-electron chi connectivity index (χ3n) is 2.46. The fraction of sp³-hybridized carbons (Fsp3) is 0.143. The van der Waals surface area contributed by atoms with Crippen LogP contribution < -0.4 is 0 Å². The van der Waals surface area contributed by atoms with Gasteiger partial charge in [-0.25, -0.2) is 9.59 Å². The van der Waals surface area contributed by atoms with Crippen molar-refractivity contribution in [3.8, 4) is 0 Å².